The molecule has 1 amide bonds. The van der Waals surface area contributed by atoms with Gasteiger partial charge in [0.2, 0.25) is 5.91 Å². The molecule has 0 aliphatic carbocycles. The summed E-state index contributed by atoms with van der Waals surface area (Å²) >= 11 is 0. The zero-order valence-electron chi connectivity index (χ0n) is 11.5. The van der Waals surface area contributed by atoms with E-state index in [1.165, 1.54) is 6.42 Å². The molecule has 0 radical (unpaired) electrons. The minimum Gasteiger partial charge on any atom is -0.337 e. The van der Waals surface area contributed by atoms with Gasteiger partial charge in [-0.1, -0.05) is 26.7 Å². The number of nitrogens with one attached hydrogen (secondary N) is 1. The lowest BCUT2D eigenvalue weighted by Crippen LogP contribution is -2.57. The van der Waals surface area contributed by atoms with Gasteiger partial charge in [-0.15, -0.1) is 12.4 Å². The number of hydrogen-bond donors (Lipinski definition) is 1. The second kappa shape index (κ2) is 7.93. The van der Waals surface area contributed by atoms with Crippen LogP contribution in [0.4, 0.5) is 0 Å². The molecule has 0 aromatic heterocycles. The zero-order chi connectivity index (χ0) is 12.1. The normalized spacial score (nSPS) is 26.2. The highest BCUT2D eigenvalue weighted by molar-refractivity contribution is 5.85. The third-order valence-corrected chi connectivity index (χ3v) is 3.66. The molecule has 1 aliphatic rings. The van der Waals surface area contributed by atoms with E-state index >= 15 is 0 Å². The van der Waals surface area contributed by atoms with E-state index < -0.39 is 0 Å². The average molecular weight is 263 g/mol. The molecule has 3 unspecified atom stereocenters. The van der Waals surface area contributed by atoms with Gasteiger partial charge in [0.1, 0.15) is 0 Å². The largest absolute Gasteiger partial charge is 0.337 e. The Morgan fingerprint density at radius 2 is 2.12 bits per heavy atom. The summed E-state index contributed by atoms with van der Waals surface area (Å²) in [6, 6.07) is 0.745. The molecule has 1 N–H and O–H groups in total. The molecule has 0 aromatic rings. The van der Waals surface area contributed by atoms with Gasteiger partial charge in [0.15, 0.2) is 0 Å². The lowest BCUT2D eigenvalue weighted by Gasteiger charge is -2.39. The fourth-order valence-electron chi connectivity index (χ4n) is 2.42. The van der Waals surface area contributed by atoms with Crippen molar-refractivity contribution in [2.24, 2.45) is 5.92 Å². The van der Waals surface area contributed by atoms with Crippen LogP contribution in [0.25, 0.3) is 0 Å². The summed E-state index contributed by atoms with van der Waals surface area (Å²) in [5.74, 6) is 0.858. The Bertz CT molecular complexity index is 235. The van der Waals surface area contributed by atoms with E-state index in [1.54, 1.807) is 0 Å². The Kier molecular flexibility index (Phi) is 7.80. The van der Waals surface area contributed by atoms with Crippen molar-refractivity contribution in [2.45, 2.75) is 59.0 Å². The third kappa shape index (κ3) is 4.84. The summed E-state index contributed by atoms with van der Waals surface area (Å²) in [4.78, 5) is 14.2. The summed E-state index contributed by atoms with van der Waals surface area (Å²) < 4.78 is 0. The van der Waals surface area contributed by atoms with Crippen LogP contribution in [0.15, 0.2) is 0 Å². The Morgan fingerprint density at radius 1 is 1.47 bits per heavy atom. The van der Waals surface area contributed by atoms with Crippen molar-refractivity contribution in [1.82, 2.24) is 10.2 Å². The van der Waals surface area contributed by atoms with Gasteiger partial charge in [-0.25, -0.2) is 0 Å². The molecule has 3 atom stereocenters. The molecule has 4 heteroatoms. The van der Waals surface area contributed by atoms with Crippen LogP contribution in [-0.4, -0.2) is 36.0 Å². The number of amides is 1. The van der Waals surface area contributed by atoms with Crippen LogP contribution in [0.5, 0.6) is 0 Å². The van der Waals surface area contributed by atoms with Gasteiger partial charge >= 0.3 is 0 Å². The van der Waals surface area contributed by atoms with Crippen molar-refractivity contribution in [3.8, 4) is 0 Å². The smallest absolute Gasteiger partial charge is 0.223 e. The molecule has 3 nitrogen and oxygen atoms in total. The van der Waals surface area contributed by atoms with Crippen LogP contribution in [0, 0.1) is 5.92 Å². The number of nitrogens with zero attached hydrogens (tertiary/aromatic N) is 1. The van der Waals surface area contributed by atoms with E-state index in [9.17, 15) is 4.79 Å². The maximum Gasteiger partial charge on any atom is 0.223 e. The summed E-state index contributed by atoms with van der Waals surface area (Å²) in [5, 5.41) is 3.40. The highest BCUT2D eigenvalue weighted by atomic mass is 35.5. The fraction of sp³-hybridized carbons (Fsp3) is 0.923. The number of hydrogen-bond acceptors (Lipinski definition) is 2. The third-order valence-electron chi connectivity index (χ3n) is 3.66. The highest BCUT2D eigenvalue weighted by Gasteiger charge is 2.28. The van der Waals surface area contributed by atoms with E-state index in [0.717, 1.165) is 19.5 Å². The van der Waals surface area contributed by atoms with Gasteiger partial charge in [-0.05, 0) is 19.8 Å². The summed E-state index contributed by atoms with van der Waals surface area (Å²) in [7, 11) is 0. The van der Waals surface area contributed by atoms with Crippen LogP contribution in [-0.2, 0) is 4.79 Å². The zero-order valence-corrected chi connectivity index (χ0v) is 12.3. The number of carbonyl (C=O) groups is 1. The van der Waals surface area contributed by atoms with E-state index in [0.29, 0.717) is 30.3 Å². The number of piperazine rings is 1. The standard InChI is InChI=1S/C13H26N2O.ClH/c1-5-6-10(2)9-13(16)15-8-7-14-11(3)12(15)4;/h10-12,14H,5-9H2,1-4H3;1H. The molecule has 0 spiro atoms. The van der Waals surface area contributed by atoms with Gasteiger partial charge in [0.25, 0.3) is 0 Å². The first-order valence-corrected chi connectivity index (χ1v) is 6.59. The van der Waals surface area contributed by atoms with Crippen molar-refractivity contribution >= 4 is 18.3 Å². The number of halogens is 1. The molecule has 0 aromatic carbocycles. The minimum atomic E-state index is 0. The first-order chi connectivity index (χ1) is 7.56. The monoisotopic (exact) mass is 262 g/mol. The van der Waals surface area contributed by atoms with Crippen molar-refractivity contribution < 1.29 is 4.79 Å². The highest BCUT2D eigenvalue weighted by Crippen LogP contribution is 2.16. The van der Waals surface area contributed by atoms with E-state index in [4.69, 9.17) is 0 Å². The first kappa shape index (κ1) is 16.7. The van der Waals surface area contributed by atoms with Crippen molar-refractivity contribution in [1.29, 1.82) is 0 Å². The van der Waals surface area contributed by atoms with Gasteiger partial charge in [0.05, 0.1) is 0 Å². The van der Waals surface area contributed by atoms with E-state index in [2.05, 4.69) is 33.0 Å². The Labute approximate surface area is 112 Å². The molecule has 1 aliphatic heterocycles. The minimum absolute atomic E-state index is 0. The van der Waals surface area contributed by atoms with Gasteiger partial charge in [-0.3, -0.25) is 4.79 Å². The maximum absolute atomic E-state index is 12.1. The van der Waals surface area contributed by atoms with Crippen molar-refractivity contribution in [2.75, 3.05) is 13.1 Å². The molecule has 1 rings (SSSR count). The lowest BCUT2D eigenvalue weighted by molar-refractivity contribution is -0.135. The molecule has 0 saturated carbocycles. The average Bonchev–Trinajstić information content (AvgIpc) is 2.22. The maximum atomic E-state index is 12.1. The second-order valence-corrected chi connectivity index (χ2v) is 5.17. The quantitative estimate of drug-likeness (QED) is 0.844. The fourth-order valence-corrected chi connectivity index (χ4v) is 2.42. The van der Waals surface area contributed by atoms with Crippen molar-refractivity contribution in [3.63, 3.8) is 0 Å². The van der Waals surface area contributed by atoms with Crippen LogP contribution in [0.2, 0.25) is 0 Å². The summed E-state index contributed by atoms with van der Waals surface area (Å²) in [5.41, 5.74) is 0. The van der Waals surface area contributed by atoms with Gasteiger partial charge in [-0.2, -0.15) is 0 Å². The topological polar surface area (TPSA) is 32.3 Å². The molecule has 1 saturated heterocycles. The van der Waals surface area contributed by atoms with Crippen molar-refractivity contribution in [3.05, 3.63) is 0 Å². The lowest BCUT2D eigenvalue weighted by atomic mass is 9.99. The Balaban J connectivity index is 0.00000256. The van der Waals surface area contributed by atoms with E-state index in [1.807, 2.05) is 4.90 Å². The molecule has 1 heterocycles. The predicted molar refractivity (Wildman–Crippen MR) is 74.6 cm³/mol. The number of carbonyl (C=O) groups excluding carboxylic acids is 1. The first-order valence-electron chi connectivity index (χ1n) is 6.59. The molecule has 1 fully saturated rings. The van der Waals surface area contributed by atoms with Crippen LogP contribution < -0.4 is 5.32 Å². The SMILES string of the molecule is CCCC(C)CC(=O)N1CCNC(C)C1C.Cl. The number of rotatable bonds is 4. The van der Waals surface area contributed by atoms with Gasteiger partial charge < -0.3 is 10.2 Å². The van der Waals surface area contributed by atoms with E-state index in [-0.39, 0.29) is 12.4 Å². The predicted octanol–water partition coefficient (Wildman–Crippen LogP) is 2.44. The van der Waals surface area contributed by atoms with Crippen LogP contribution in [0.3, 0.4) is 0 Å². The molecule has 102 valence electrons. The Morgan fingerprint density at radius 3 is 2.71 bits per heavy atom. The van der Waals surface area contributed by atoms with Crippen LogP contribution >= 0.6 is 12.4 Å². The molecular weight excluding hydrogens is 236 g/mol. The molecule has 17 heavy (non-hydrogen) atoms. The summed E-state index contributed by atoms with van der Waals surface area (Å²) in [6.07, 6.45) is 3.04. The molecular formula is C13H27ClN2O. The Hall–Kier alpha value is -0.280. The van der Waals surface area contributed by atoms with Crippen LogP contribution in [0.1, 0.15) is 47.0 Å². The van der Waals surface area contributed by atoms with Gasteiger partial charge in [0, 0.05) is 31.6 Å². The second-order valence-electron chi connectivity index (χ2n) is 5.17. The molecule has 0 bridgehead atoms. The summed E-state index contributed by atoms with van der Waals surface area (Å²) in [6.45, 7) is 10.4.